The van der Waals surface area contributed by atoms with E-state index in [9.17, 15) is 0 Å². The van der Waals surface area contributed by atoms with E-state index >= 15 is 0 Å². The second kappa shape index (κ2) is 7.48. The van der Waals surface area contributed by atoms with Crippen LogP contribution in [-0.4, -0.2) is 23.3 Å². The first-order chi connectivity index (χ1) is 9.28. The van der Waals surface area contributed by atoms with Gasteiger partial charge in [-0.2, -0.15) is 0 Å². The van der Waals surface area contributed by atoms with Gasteiger partial charge in [0.1, 0.15) is 0 Å². The first-order valence-corrected chi connectivity index (χ1v) is 7.55. The van der Waals surface area contributed by atoms with Crippen LogP contribution in [0, 0.1) is 11.8 Å². The maximum Gasteiger partial charge on any atom is 0.315 e. The van der Waals surface area contributed by atoms with Crippen molar-refractivity contribution < 1.29 is 4.42 Å². The smallest absolute Gasteiger partial charge is 0.315 e. The van der Waals surface area contributed by atoms with Gasteiger partial charge in [0.25, 0.3) is 0 Å². The number of aromatic nitrogens is 2. The highest BCUT2D eigenvalue weighted by Gasteiger charge is 2.18. The Morgan fingerprint density at radius 1 is 1.32 bits per heavy atom. The lowest BCUT2D eigenvalue weighted by Crippen LogP contribution is -2.16. The van der Waals surface area contributed by atoms with Gasteiger partial charge in [-0.05, 0) is 31.2 Å². The average Bonchev–Trinajstić information content (AvgIpc) is 2.84. The van der Waals surface area contributed by atoms with E-state index in [0.29, 0.717) is 18.5 Å². The summed E-state index contributed by atoms with van der Waals surface area (Å²) in [7, 11) is 0. The molecule has 0 radical (unpaired) electrons. The second-order valence-electron chi connectivity index (χ2n) is 5.63. The molecule has 1 aliphatic rings. The number of nitrogens with zero attached hydrogens (tertiary/aromatic N) is 2. The second-order valence-corrected chi connectivity index (χ2v) is 5.63. The van der Waals surface area contributed by atoms with Crippen LogP contribution in [0.5, 0.6) is 0 Å². The van der Waals surface area contributed by atoms with E-state index in [1.54, 1.807) is 0 Å². The van der Waals surface area contributed by atoms with Crippen molar-refractivity contribution in [1.82, 2.24) is 15.5 Å². The van der Waals surface area contributed by atoms with Crippen LogP contribution in [-0.2, 0) is 6.54 Å². The Kier molecular flexibility index (Phi) is 5.63. The van der Waals surface area contributed by atoms with Crippen LogP contribution in [0.4, 0.5) is 6.01 Å². The van der Waals surface area contributed by atoms with E-state index in [4.69, 9.17) is 4.42 Å². The van der Waals surface area contributed by atoms with Crippen molar-refractivity contribution in [2.45, 2.75) is 52.5 Å². The zero-order valence-corrected chi connectivity index (χ0v) is 12.1. The standard InChI is InChI=1S/C14H26N4O/c1-3-15-10-13-17-18-14(19-13)16-8-7-12-6-4-5-11(2)9-12/h11-12,15H,3-10H2,1-2H3,(H,16,18). The monoisotopic (exact) mass is 266 g/mol. The Morgan fingerprint density at radius 2 is 2.21 bits per heavy atom. The van der Waals surface area contributed by atoms with E-state index in [2.05, 4.69) is 34.7 Å². The quantitative estimate of drug-likeness (QED) is 0.794. The van der Waals surface area contributed by atoms with Crippen molar-refractivity contribution in [3.63, 3.8) is 0 Å². The normalized spacial score (nSPS) is 23.5. The molecule has 1 saturated carbocycles. The molecule has 108 valence electrons. The molecule has 1 heterocycles. The van der Waals surface area contributed by atoms with Gasteiger partial charge in [-0.3, -0.25) is 0 Å². The average molecular weight is 266 g/mol. The Bertz CT molecular complexity index is 366. The minimum absolute atomic E-state index is 0.553. The summed E-state index contributed by atoms with van der Waals surface area (Å²) in [4.78, 5) is 0. The fraction of sp³-hybridized carbons (Fsp3) is 0.857. The van der Waals surface area contributed by atoms with Crippen LogP contribution in [0.1, 0.15) is 51.8 Å². The minimum atomic E-state index is 0.553. The van der Waals surface area contributed by atoms with Crippen molar-refractivity contribution in [3.05, 3.63) is 5.89 Å². The van der Waals surface area contributed by atoms with Crippen LogP contribution in [0.25, 0.3) is 0 Å². The Hall–Kier alpha value is -1.10. The lowest BCUT2D eigenvalue weighted by Gasteiger charge is -2.26. The maximum atomic E-state index is 5.50. The topological polar surface area (TPSA) is 63.0 Å². The summed E-state index contributed by atoms with van der Waals surface area (Å²) < 4.78 is 5.50. The highest BCUT2D eigenvalue weighted by atomic mass is 16.4. The first-order valence-electron chi connectivity index (χ1n) is 7.55. The summed E-state index contributed by atoms with van der Waals surface area (Å²) in [5, 5.41) is 14.4. The van der Waals surface area contributed by atoms with Crippen molar-refractivity contribution in [1.29, 1.82) is 0 Å². The van der Waals surface area contributed by atoms with Gasteiger partial charge in [-0.25, -0.2) is 0 Å². The Balaban J connectivity index is 1.66. The molecule has 1 aromatic rings. The number of hydrogen-bond acceptors (Lipinski definition) is 5. The van der Waals surface area contributed by atoms with E-state index in [-0.39, 0.29) is 0 Å². The SMILES string of the molecule is CCNCc1nnc(NCCC2CCCC(C)C2)o1. The van der Waals surface area contributed by atoms with E-state index in [1.807, 2.05) is 0 Å². The van der Waals surface area contributed by atoms with Gasteiger partial charge in [0.15, 0.2) is 0 Å². The summed E-state index contributed by atoms with van der Waals surface area (Å²) in [6.07, 6.45) is 6.74. The molecule has 2 unspecified atom stereocenters. The van der Waals surface area contributed by atoms with Crippen molar-refractivity contribution in [2.24, 2.45) is 11.8 Å². The highest BCUT2D eigenvalue weighted by Crippen LogP contribution is 2.30. The van der Waals surface area contributed by atoms with Gasteiger partial charge in [-0.15, -0.1) is 5.10 Å². The maximum absolute atomic E-state index is 5.50. The van der Waals surface area contributed by atoms with Gasteiger partial charge < -0.3 is 15.1 Å². The third-order valence-electron chi connectivity index (χ3n) is 3.87. The van der Waals surface area contributed by atoms with Crippen molar-refractivity contribution in [3.8, 4) is 0 Å². The van der Waals surface area contributed by atoms with Crippen LogP contribution in [0.15, 0.2) is 4.42 Å². The number of nitrogens with one attached hydrogen (secondary N) is 2. The largest absolute Gasteiger partial charge is 0.407 e. The molecule has 0 bridgehead atoms. The molecule has 2 atom stereocenters. The third kappa shape index (κ3) is 4.82. The molecule has 0 aliphatic heterocycles. The summed E-state index contributed by atoms with van der Waals surface area (Å²) in [5.74, 6) is 2.41. The molecule has 2 N–H and O–H groups in total. The summed E-state index contributed by atoms with van der Waals surface area (Å²) in [6, 6.07) is 0.553. The molecule has 2 rings (SSSR count). The fourth-order valence-corrected chi connectivity index (χ4v) is 2.83. The Labute approximate surface area is 115 Å². The minimum Gasteiger partial charge on any atom is -0.407 e. The van der Waals surface area contributed by atoms with Gasteiger partial charge in [-0.1, -0.05) is 38.2 Å². The number of anilines is 1. The molecular formula is C14H26N4O. The van der Waals surface area contributed by atoms with Gasteiger partial charge in [0, 0.05) is 6.54 Å². The number of hydrogen-bond donors (Lipinski definition) is 2. The molecule has 0 amide bonds. The predicted molar refractivity (Wildman–Crippen MR) is 75.9 cm³/mol. The zero-order chi connectivity index (χ0) is 13.5. The molecule has 0 aromatic carbocycles. The van der Waals surface area contributed by atoms with Crippen molar-refractivity contribution in [2.75, 3.05) is 18.4 Å². The van der Waals surface area contributed by atoms with E-state index < -0.39 is 0 Å². The molecule has 1 aromatic heterocycles. The summed E-state index contributed by atoms with van der Waals surface area (Å²) >= 11 is 0. The summed E-state index contributed by atoms with van der Waals surface area (Å²) in [5.41, 5.74) is 0. The molecule has 1 aliphatic carbocycles. The lowest BCUT2D eigenvalue weighted by atomic mass is 9.81. The van der Waals surface area contributed by atoms with E-state index in [1.165, 1.54) is 32.1 Å². The van der Waals surface area contributed by atoms with Gasteiger partial charge in [0.05, 0.1) is 6.54 Å². The molecule has 1 fully saturated rings. The molecule has 5 nitrogen and oxygen atoms in total. The van der Waals surface area contributed by atoms with Crippen LogP contribution in [0.2, 0.25) is 0 Å². The molecule has 19 heavy (non-hydrogen) atoms. The lowest BCUT2D eigenvalue weighted by molar-refractivity contribution is 0.274. The molecule has 0 spiro atoms. The van der Waals surface area contributed by atoms with Crippen LogP contribution >= 0.6 is 0 Å². The molecule has 5 heteroatoms. The van der Waals surface area contributed by atoms with Gasteiger partial charge in [0.2, 0.25) is 5.89 Å². The predicted octanol–water partition coefficient (Wildman–Crippen LogP) is 2.81. The van der Waals surface area contributed by atoms with Crippen LogP contribution < -0.4 is 10.6 Å². The molecular weight excluding hydrogens is 240 g/mol. The van der Waals surface area contributed by atoms with Crippen LogP contribution in [0.3, 0.4) is 0 Å². The van der Waals surface area contributed by atoms with E-state index in [0.717, 1.165) is 24.9 Å². The molecule has 0 saturated heterocycles. The van der Waals surface area contributed by atoms with Gasteiger partial charge >= 0.3 is 6.01 Å². The summed E-state index contributed by atoms with van der Waals surface area (Å²) in [6.45, 7) is 6.90. The number of rotatable bonds is 7. The zero-order valence-electron chi connectivity index (χ0n) is 12.1. The highest BCUT2D eigenvalue weighted by molar-refractivity contribution is 5.16. The third-order valence-corrected chi connectivity index (χ3v) is 3.87. The fourth-order valence-electron chi connectivity index (χ4n) is 2.83. The first kappa shape index (κ1) is 14.3. The van der Waals surface area contributed by atoms with Crippen molar-refractivity contribution >= 4 is 6.01 Å². The Morgan fingerprint density at radius 3 is 3.00 bits per heavy atom.